The molecule has 0 fully saturated rings. The second kappa shape index (κ2) is 5.52. The lowest BCUT2D eigenvalue weighted by molar-refractivity contribution is -0.385. The summed E-state index contributed by atoms with van der Waals surface area (Å²) in [6.45, 7) is 3.39. The van der Waals surface area contributed by atoms with E-state index in [-0.39, 0.29) is 16.4 Å². The summed E-state index contributed by atoms with van der Waals surface area (Å²) >= 11 is 0. The van der Waals surface area contributed by atoms with Gasteiger partial charge in [0.05, 0.1) is 11.1 Å². The first kappa shape index (κ1) is 15.0. The Morgan fingerprint density at radius 3 is 2.67 bits per heavy atom. The fourth-order valence-electron chi connectivity index (χ4n) is 1.79. The van der Waals surface area contributed by atoms with Gasteiger partial charge in [-0.05, 0) is 19.1 Å². The van der Waals surface area contributed by atoms with Crippen LogP contribution >= 0.6 is 0 Å². The lowest BCUT2D eigenvalue weighted by atomic mass is 10.2. The Hall–Kier alpha value is -2.42. The molecule has 0 saturated carbocycles. The standard InChI is InChI=1S/C12H14N4O4S/c1-3-11-13-7-12(14-11)21(19,20)15-9-4-5-10(16(17)18)8(2)6-9/h4-7,15H,3H2,1-2H3,(H,13,14). The van der Waals surface area contributed by atoms with Crippen LogP contribution in [0, 0.1) is 17.0 Å². The molecular formula is C12H14N4O4S. The Morgan fingerprint density at radius 1 is 1.43 bits per heavy atom. The number of nitrogens with zero attached hydrogens (tertiary/aromatic N) is 2. The lowest BCUT2D eigenvalue weighted by Gasteiger charge is -2.07. The minimum absolute atomic E-state index is 0.0460. The molecule has 2 N–H and O–H groups in total. The monoisotopic (exact) mass is 310 g/mol. The molecule has 0 aliphatic rings. The quantitative estimate of drug-likeness (QED) is 0.646. The van der Waals surface area contributed by atoms with Crippen LogP contribution in [0.25, 0.3) is 0 Å². The van der Waals surface area contributed by atoms with Crippen LogP contribution in [0.2, 0.25) is 0 Å². The van der Waals surface area contributed by atoms with Crippen molar-refractivity contribution < 1.29 is 13.3 Å². The van der Waals surface area contributed by atoms with Gasteiger partial charge in [0.15, 0.2) is 5.03 Å². The Balaban J connectivity index is 2.28. The van der Waals surface area contributed by atoms with Gasteiger partial charge in [-0.2, -0.15) is 8.42 Å². The van der Waals surface area contributed by atoms with Crippen molar-refractivity contribution in [3.8, 4) is 0 Å². The molecule has 0 aliphatic heterocycles. The first-order valence-electron chi connectivity index (χ1n) is 6.15. The maximum Gasteiger partial charge on any atom is 0.278 e. The molecule has 0 radical (unpaired) electrons. The predicted octanol–water partition coefficient (Wildman–Crippen LogP) is 1.99. The molecule has 0 aliphatic carbocycles. The van der Waals surface area contributed by atoms with Gasteiger partial charge in [-0.1, -0.05) is 6.92 Å². The largest absolute Gasteiger partial charge is 0.332 e. The Kier molecular flexibility index (Phi) is 3.94. The second-order valence-electron chi connectivity index (χ2n) is 4.41. The average Bonchev–Trinajstić information content (AvgIpc) is 2.87. The molecule has 0 saturated heterocycles. The molecule has 0 spiro atoms. The number of rotatable bonds is 5. The number of aromatic nitrogens is 2. The van der Waals surface area contributed by atoms with Gasteiger partial charge in [0, 0.05) is 23.7 Å². The van der Waals surface area contributed by atoms with Crippen molar-refractivity contribution in [3.05, 3.63) is 45.9 Å². The molecule has 1 aromatic carbocycles. The summed E-state index contributed by atoms with van der Waals surface area (Å²) < 4.78 is 26.6. The molecule has 9 heteroatoms. The summed E-state index contributed by atoms with van der Waals surface area (Å²) in [5, 5.41) is 10.7. The number of aryl methyl sites for hydroxylation is 2. The smallest absolute Gasteiger partial charge is 0.278 e. The molecule has 0 amide bonds. The molecule has 1 heterocycles. The van der Waals surface area contributed by atoms with Crippen LogP contribution in [-0.4, -0.2) is 23.3 Å². The van der Waals surface area contributed by atoms with Gasteiger partial charge >= 0.3 is 0 Å². The third-order valence-electron chi connectivity index (χ3n) is 2.88. The minimum atomic E-state index is -3.79. The van der Waals surface area contributed by atoms with Gasteiger partial charge < -0.3 is 4.98 Å². The molecule has 1 aromatic heterocycles. The van der Waals surface area contributed by atoms with Crippen LogP contribution in [0.1, 0.15) is 18.3 Å². The van der Waals surface area contributed by atoms with E-state index >= 15 is 0 Å². The van der Waals surface area contributed by atoms with Gasteiger partial charge in [-0.3, -0.25) is 14.8 Å². The van der Waals surface area contributed by atoms with Crippen molar-refractivity contribution >= 4 is 21.4 Å². The zero-order valence-electron chi connectivity index (χ0n) is 11.5. The molecule has 2 rings (SSSR count). The Morgan fingerprint density at radius 2 is 2.14 bits per heavy atom. The maximum atomic E-state index is 12.1. The van der Waals surface area contributed by atoms with E-state index in [1.54, 1.807) is 6.92 Å². The first-order valence-corrected chi connectivity index (χ1v) is 7.63. The maximum absolute atomic E-state index is 12.1. The van der Waals surface area contributed by atoms with E-state index in [9.17, 15) is 18.5 Å². The molecule has 0 atom stereocenters. The summed E-state index contributed by atoms with van der Waals surface area (Å²) in [4.78, 5) is 16.8. The summed E-state index contributed by atoms with van der Waals surface area (Å²) in [7, 11) is -3.79. The van der Waals surface area contributed by atoms with Crippen molar-refractivity contribution in [2.24, 2.45) is 0 Å². The van der Waals surface area contributed by atoms with Gasteiger partial charge in [-0.25, -0.2) is 4.98 Å². The third kappa shape index (κ3) is 3.19. The molecule has 0 bridgehead atoms. The highest BCUT2D eigenvalue weighted by atomic mass is 32.2. The van der Waals surface area contributed by atoms with E-state index in [4.69, 9.17) is 0 Å². The Labute approximate surface area is 121 Å². The normalized spacial score (nSPS) is 11.3. The van der Waals surface area contributed by atoms with Crippen LogP contribution in [0.3, 0.4) is 0 Å². The van der Waals surface area contributed by atoms with Crippen molar-refractivity contribution in [3.63, 3.8) is 0 Å². The zero-order chi connectivity index (χ0) is 15.6. The number of hydrogen-bond acceptors (Lipinski definition) is 5. The number of imidazole rings is 1. The summed E-state index contributed by atoms with van der Waals surface area (Å²) in [6, 6.07) is 4.02. The predicted molar refractivity (Wildman–Crippen MR) is 76.6 cm³/mol. The van der Waals surface area contributed by atoms with E-state index in [1.807, 2.05) is 6.92 Å². The lowest BCUT2D eigenvalue weighted by Crippen LogP contribution is -2.13. The van der Waals surface area contributed by atoms with Crippen LogP contribution < -0.4 is 4.72 Å². The summed E-state index contributed by atoms with van der Waals surface area (Å²) in [6.07, 6.45) is 1.82. The van der Waals surface area contributed by atoms with Crippen LogP contribution in [-0.2, 0) is 16.4 Å². The third-order valence-corrected chi connectivity index (χ3v) is 4.17. The van der Waals surface area contributed by atoms with Crippen LogP contribution in [0.15, 0.2) is 29.4 Å². The summed E-state index contributed by atoms with van der Waals surface area (Å²) in [5.74, 6) is 0.565. The van der Waals surface area contributed by atoms with E-state index in [2.05, 4.69) is 14.7 Å². The van der Waals surface area contributed by atoms with E-state index in [0.717, 1.165) is 0 Å². The number of nitrogens with one attached hydrogen (secondary N) is 2. The highest BCUT2D eigenvalue weighted by Gasteiger charge is 2.18. The number of anilines is 1. The summed E-state index contributed by atoms with van der Waals surface area (Å²) in [5.41, 5.74) is 0.567. The Bertz CT molecular complexity index is 782. The number of aromatic amines is 1. The topological polar surface area (TPSA) is 118 Å². The van der Waals surface area contributed by atoms with Gasteiger partial charge in [0.2, 0.25) is 0 Å². The van der Waals surface area contributed by atoms with Crippen molar-refractivity contribution in [2.45, 2.75) is 25.3 Å². The first-order chi connectivity index (χ1) is 9.83. The zero-order valence-corrected chi connectivity index (χ0v) is 12.3. The molecule has 0 unspecified atom stereocenters. The number of sulfonamides is 1. The highest BCUT2D eigenvalue weighted by molar-refractivity contribution is 7.92. The molecule has 2 aromatic rings. The van der Waals surface area contributed by atoms with Crippen LogP contribution in [0.5, 0.6) is 0 Å². The SMILES string of the molecule is CCc1ncc(S(=O)(=O)Nc2ccc([N+](=O)[O-])c(C)c2)[nH]1. The number of benzene rings is 1. The van der Waals surface area contributed by atoms with E-state index in [0.29, 0.717) is 17.8 Å². The fourth-order valence-corrected chi connectivity index (χ4v) is 2.78. The van der Waals surface area contributed by atoms with E-state index in [1.165, 1.54) is 24.4 Å². The van der Waals surface area contributed by atoms with Gasteiger partial charge in [0.25, 0.3) is 15.7 Å². The van der Waals surface area contributed by atoms with Crippen LogP contribution in [0.4, 0.5) is 11.4 Å². The minimum Gasteiger partial charge on any atom is -0.332 e. The number of nitro groups is 1. The second-order valence-corrected chi connectivity index (χ2v) is 6.06. The molecular weight excluding hydrogens is 296 g/mol. The van der Waals surface area contributed by atoms with E-state index < -0.39 is 14.9 Å². The number of H-pyrrole nitrogens is 1. The highest BCUT2D eigenvalue weighted by Crippen LogP contribution is 2.23. The van der Waals surface area contributed by atoms with Crippen molar-refractivity contribution in [1.29, 1.82) is 0 Å². The van der Waals surface area contributed by atoms with Crippen molar-refractivity contribution in [2.75, 3.05) is 4.72 Å². The molecule has 8 nitrogen and oxygen atoms in total. The number of nitro benzene ring substituents is 1. The fraction of sp³-hybridized carbons (Fsp3) is 0.250. The van der Waals surface area contributed by atoms with Gasteiger partial charge in [-0.15, -0.1) is 0 Å². The average molecular weight is 310 g/mol. The van der Waals surface area contributed by atoms with Crippen molar-refractivity contribution in [1.82, 2.24) is 9.97 Å². The molecule has 21 heavy (non-hydrogen) atoms. The molecule has 112 valence electrons. The number of hydrogen-bond donors (Lipinski definition) is 2. The van der Waals surface area contributed by atoms with Gasteiger partial charge in [0.1, 0.15) is 5.82 Å².